The van der Waals surface area contributed by atoms with E-state index in [1.807, 2.05) is 12.1 Å². The first-order chi connectivity index (χ1) is 9.58. The molecule has 0 amide bonds. The highest BCUT2D eigenvalue weighted by Gasteiger charge is 2.38. The monoisotopic (exact) mass is 294 g/mol. The summed E-state index contributed by atoms with van der Waals surface area (Å²) in [6.07, 6.45) is 4.48. The van der Waals surface area contributed by atoms with Crippen LogP contribution in [0.3, 0.4) is 0 Å². The quantitative estimate of drug-likeness (QED) is 0.809. The van der Waals surface area contributed by atoms with Crippen LogP contribution < -0.4 is 10.0 Å². The van der Waals surface area contributed by atoms with Crippen molar-refractivity contribution in [3.8, 4) is 0 Å². The van der Waals surface area contributed by atoms with E-state index in [2.05, 4.69) is 17.0 Å². The molecule has 2 saturated carbocycles. The highest BCUT2D eigenvalue weighted by molar-refractivity contribution is 7.89. The minimum absolute atomic E-state index is 0.137. The Morgan fingerprint density at radius 1 is 1.30 bits per heavy atom. The van der Waals surface area contributed by atoms with E-state index in [0.717, 1.165) is 24.9 Å². The summed E-state index contributed by atoms with van der Waals surface area (Å²) in [6.45, 7) is 2.85. The first kappa shape index (κ1) is 14.0. The fourth-order valence-electron chi connectivity index (χ4n) is 2.48. The lowest BCUT2D eigenvalue weighted by Crippen LogP contribution is -2.27. The standard InChI is InChI=1S/C15H22N2O2S/c1-2-12-9-15(12)17-20(18,19)14-5-3-4-11(8-14)10-16-13-6-7-13/h3-5,8,12-13,15-17H,2,6-7,9-10H2,1H3. The van der Waals surface area contributed by atoms with Crippen molar-refractivity contribution in [3.05, 3.63) is 29.8 Å². The molecule has 1 aromatic carbocycles. The van der Waals surface area contributed by atoms with Crippen molar-refractivity contribution in [1.82, 2.24) is 10.0 Å². The summed E-state index contributed by atoms with van der Waals surface area (Å²) in [6, 6.07) is 8.01. The van der Waals surface area contributed by atoms with Crippen LogP contribution in [-0.4, -0.2) is 20.5 Å². The Kier molecular flexibility index (Phi) is 3.84. The second-order valence-electron chi connectivity index (χ2n) is 5.93. The Hall–Kier alpha value is -0.910. The highest BCUT2D eigenvalue weighted by atomic mass is 32.2. The summed E-state index contributed by atoms with van der Waals surface area (Å²) in [5.74, 6) is 0.518. The molecule has 2 aliphatic rings. The first-order valence-corrected chi connectivity index (χ1v) is 8.91. The van der Waals surface area contributed by atoms with Crippen molar-refractivity contribution in [2.24, 2.45) is 5.92 Å². The Balaban J connectivity index is 1.66. The largest absolute Gasteiger partial charge is 0.310 e. The van der Waals surface area contributed by atoms with E-state index in [0.29, 0.717) is 16.9 Å². The third kappa shape index (κ3) is 3.40. The summed E-state index contributed by atoms with van der Waals surface area (Å²) in [5.41, 5.74) is 1.03. The van der Waals surface area contributed by atoms with Gasteiger partial charge in [-0.25, -0.2) is 13.1 Å². The van der Waals surface area contributed by atoms with E-state index in [4.69, 9.17) is 0 Å². The van der Waals surface area contributed by atoms with E-state index in [-0.39, 0.29) is 6.04 Å². The Morgan fingerprint density at radius 3 is 2.75 bits per heavy atom. The van der Waals surface area contributed by atoms with Gasteiger partial charge in [0, 0.05) is 18.6 Å². The second-order valence-corrected chi connectivity index (χ2v) is 7.65. The Labute approximate surface area is 121 Å². The van der Waals surface area contributed by atoms with E-state index in [9.17, 15) is 8.42 Å². The molecule has 5 heteroatoms. The van der Waals surface area contributed by atoms with Gasteiger partial charge < -0.3 is 5.32 Å². The number of rotatable bonds is 7. The van der Waals surface area contributed by atoms with Crippen molar-refractivity contribution < 1.29 is 8.42 Å². The number of sulfonamides is 1. The summed E-state index contributed by atoms with van der Waals surface area (Å²) in [7, 11) is -3.36. The van der Waals surface area contributed by atoms with Gasteiger partial charge in [0.1, 0.15) is 0 Å². The SMILES string of the molecule is CCC1CC1NS(=O)(=O)c1cccc(CNC2CC2)c1. The van der Waals surface area contributed by atoms with Crippen molar-refractivity contribution >= 4 is 10.0 Å². The lowest BCUT2D eigenvalue weighted by Gasteiger charge is -2.09. The van der Waals surface area contributed by atoms with Crippen molar-refractivity contribution in [3.63, 3.8) is 0 Å². The van der Waals surface area contributed by atoms with Gasteiger partial charge in [-0.2, -0.15) is 0 Å². The van der Waals surface area contributed by atoms with Crippen LogP contribution in [0.4, 0.5) is 0 Å². The lowest BCUT2D eigenvalue weighted by molar-refractivity contribution is 0.575. The number of hydrogen-bond acceptors (Lipinski definition) is 3. The van der Waals surface area contributed by atoms with Gasteiger partial charge in [0.15, 0.2) is 0 Å². The van der Waals surface area contributed by atoms with Crippen LogP contribution in [0.5, 0.6) is 0 Å². The molecule has 0 bridgehead atoms. The third-order valence-electron chi connectivity index (χ3n) is 4.13. The topological polar surface area (TPSA) is 58.2 Å². The Morgan fingerprint density at radius 2 is 2.10 bits per heavy atom. The van der Waals surface area contributed by atoms with Crippen molar-refractivity contribution in [1.29, 1.82) is 0 Å². The number of benzene rings is 1. The molecule has 1 aromatic rings. The summed E-state index contributed by atoms with van der Waals surface area (Å²) in [4.78, 5) is 0.384. The second kappa shape index (κ2) is 5.47. The molecule has 20 heavy (non-hydrogen) atoms. The molecule has 2 fully saturated rings. The summed E-state index contributed by atoms with van der Waals surface area (Å²) < 4.78 is 27.4. The highest BCUT2D eigenvalue weighted by Crippen LogP contribution is 2.34. The van der Waals surface area contributed by atoms with E-state index in [1.54, 1.807) is 12.1 Å². The van der Waals surface area contributed by atoms with E-state index >= 15 is 0 Å². The lowest BCUT2D eigenvalue weighted by atomic mass is 10.2. The molecule has 2 unspecified atom stereocenters. The normalized spacial score (nSPS) is 25.6. The van der Waals surface area contributed by atoms with Gasteiger partial charge in [-0.15, -0.1) is 0 Å². The molecule has 0 saturated heterocycles. The van der Waals surface area contributed by atoms with Crippen LogP contribution in [0.25, 0.3) is 0 Å². The molecule has 0 heterocycles. The summed E-state index contributed by atoms with van der Waals surface area (Å²) in [5, 5.41) is 3.41. The molecule has 2 N–H and O–H groups in total. The molecule has 4 nitrogen and oxygen atoms in total. The van der Waals surface area contributed by atoms with Gasteiger partial charge in [-0.05, 0) is 42.9 Å². The number of nitrogens with one attached hydrogen (secondary N) is 2. The van der Waals surface area contributed by atoms with Gasteiger partial charge in [0.2, 0.25) is 10.0 Å². The minimum Gasteiger partial charge on any atom is -0.310 e. The van der Waals surface area contributed by atoms with Crippen LogP contribution in [-0.2, 0) is 16.6 Å². The molecular formula is C15H22N2O2S. The van der Waals surface area contributed by atoms with Crippen molar-refractivity contribution in [2.45, 2.75) is 56.1 Å². The third-order valence-corrected chi connectivity index (χ3v) is 5.62. The van der Waals surface area contributed by atoms with E-state index in [1.165, 1.54) is 12.8 Å². The molecule has 2 aliphatic carbocycles. The van der Waals surface area contributed by atoms with Crippen LogP contribution in [0.1, 0.15) is 38.2 Å². The van der Waals surface area contributed by atoms with E-state index < -0.39 is 10.0 Å². The zero-order valence-electron chi connectivity index (χ0n) is 11.8. The van der Waals surface area contributed by atoms with Crippen molar-refractivity contribution in [2.75, 3.05) is 0 Å². The smallest absolute Gasteiger partial charge is 0.240 e. The maximum Gasteiger partial charge on any atom is 0.240 e. The van der Waals surface area contributed by atoms with Gasteiger partial charge in [-0.1, -0.05) is 25.5 Å². The molecular weight excluding hydrogens is 272 g/mol. The average Bonchev–Trinajstić information content (AvgIpc) is 3.32. The molecule has 0 aromatic heterocycles. The predicted octanol–water partition coefficient (Wildman–Crippen LogP) is 2.02. The summed E-state index contributed by atoms with van der Waals surface area (Å²) >= 11 is 0. The Bertz CT molecular complexity index is 581. The maximum atomic E-state index is 12.3. The maximum absolute atomic E-state index is 12.3. The zero-order valence-corrected chi connectivity index (χ0v) is 12.6. The van der Waals surface area contributed by atoms with Crippen LogP contribution in [0.2, 0.25) is 0 Å². The molecule has 2 atom stereocenters. The van der Waals surface area contributed by atoms with Gasteiger partial charge in [0.25, 0.3) is 0 Å². The fraction of sp³-hybridized carbons (Fsp3) is 0.600. The molecule has 0 spiro atoms. The van der Waals surface area contributed by atoms with Gasteiger partial charge in [0.05, 0.1) is 4.90 Å². The van der Waals surface area contributed by atoms with Crippen LogP contribution in [0, 0.1) is 5.92 Å². The number of hydrogen-bond donors (Lipinski definition) is 2. The first-order valence-electron chi connectivity index (χ1n) is 7.43. The van der Waals surface area contributed by atoms with Crippen LogP contribution in [0.15, 0.2) is 29.2 Å². The fourth-order valence-corrected chi connectivity index (χ4v) is 3.87. The predicted molar refractivity (Wildman–Crippen MR) is 78.8 cm³/mol. The molecule has 0 radical (unpaired) electrons. The van der Waals surface area contributed by atoms with Gasteiger partial charge >= 0.3 is 0 Å². The molecule has 0 aliphatic heterocycles. The molecule has 3 rings (SSSR count). The minimum atomic E-state index is -3.36. The van der Waals surface area contributed by atoms with Crippen LogP contribution >= 0.6 is 0 Å². The van der Waals surface area contributed by atoms with Gasteiger partial charge in [-0.3, -0.25) is 0 Å². The molecule has 110 valence electrons. The average molecular weight is 294 g/mol. The zero-order chi connectivity index (χ0) is 14.2.